The van der Waals surface area contributed by atoms with Crippen LogP contribution in [0.25, 0.3) is 0 Å². The molecule has 0 fully saturated rings. The molecule has 2 heterocycles. The zero-order valence-corrected chi connectivity index (χ0v) is 13.7. The summed E-state index contributed by atoms with van der Waals surface area (Å²) in [4.78, 5) is 12.1. The summed E-state index contributed by atoms with van der Waals surface area (Å²) in [6, 6.07) is 3.62. The number of benzene rings is 1. The average molecular weight is 346 g/mol. The van der Waals surface area contributed by atoms with Crippen molar-refractivity contribution in [1.29, 1.82) is 0 Å². The largest absolute Gasteiger partial charge is 0.346 e. The van der Waals surface area contributed by atoms with E-state index in [1.807, 2.05) is 13.1 Å². The van der Waals surface area contributed by atoms with E-state index in [1.165, 1.54) is 29.1 Å². The van der Waals surface area contributed by atoms with Crippen LogP contribution in [-0.2, 0) is 20.1 Å². The maximum Gasteiger partial charge on any atom is 0.273 e. The van der Waals surface area contributed by atoms with Gasteiger partial charge in [0.05, 0.1) is 18.4 Å². The number of aromatic nitrogens is 5. The Labute approximate surface area is 142 Å². The first-order valence-corrected chi connectivity index (χ1v) is 7.54. The lowest BCUT2D eigenvalue weighted by molar-refractivity contribution is 0.0946. The Kier molecular flexibility index (Phi) is 4.55. The smallest absolute Gasteiger partial charge is 0.273 e. The van der Waals surface area contributed by atoms with Gasteiger partial charge in [-0.05, 0) is 19.1 Å². The van der Waals surface area contributed by atoms with Crippen LogP contribution in [0.15, 0.2) is 30.6 Å². The van der Waals surface area contributed by atoms with E-state index in [4.69, 9.17) is 0 Å². The molecule has 0 aliphatic rings. The summed E-state index contributed by atoms with van der Waals surface area (Å²) in [5.41, 5.74) is 1.64. The maximum atomic E-state index is 13.7. The Morgan fingerprint density at radius 1 is 1.24 bits per heavy atom. The Hall–Kier alpha value is -3.10. The zero-order valence-electron chi connectivity index (χ0n) is 13.7. The molecule has 1 N–H and O–H groups in total. The third kappa shape index (κ3) is 3.70. The topological polar surface area (TPSA) is 77.6 Å². The van der Waals surface area contributed by atoms with Crippen LogP contribution in [-0.4, -0.2) is 30.7 Å². The first-order valence-electron chi connectivity index (χ1n) is 7.54. The van der Waals surface area contributed by atoms with Gasteiger partial charge in [0.1, 0.15) is 11.6 Å². The van der Waals surface area contributed by atoms with Gasteiger partial charge in [0.25, 0.3) is 5.91 Å². The number of nitrogens with zero attached hydrogens (tertiary/aromatic N) is 5. The van der Waals surface area contributed by atoms with E-state index in [0.29, 0.717) is 6.54 Å². The number of carbonyl (C=O) groups excluding carboxylic acids is 1. The van der Waals surface area contributed by atoms with Gasteiger partial charge in [0, 0.05) is 30.9 Å². The molecule has 0 atom stereocenters. The van der Waals surface area contributed by atoms with Gasteiger partial charge in [-0.15, -0.1) is 5.10 Å². The number of carbonyl (C=O) groups is 1. The van der Waals surface area contributed by atoms with Crippen molar-refractivity contribution in [2.45, 2.75) is 20.0 Å². The van der Waals surface area contributed by atoms with Gasteiger partial charge in [-0.1, -0.05) is 11.3 Å². The molecular weight excluding hydrogens is 330 g/mol. The highest BCUT2D eigenvalue weighted by molar-refractivity contribution is 5.91. The molecule has 0 spiro atoms. The van der Waals surface area contributed by atoms with E-state index < -0.39 is 17.5 Å². The van der Waals surface area contributed by atoms with E-state index in [0.717, 1.165) is 11.3 Å². The molecule has 7 nitrogen and oxygen atoms in total. The molecule has 0 saturated carbocycles. The number of amides is 1. The molecule has 3 rings (SSSR count). The third-order valence-electron chi connectivity index (χ3n) is 3.71. The lowest BCUT2D eigenvalue weighted by Gasteiger charge is -2.04. The maximum absolute atomic E-state index is 13.7. The third-order valence-corrected chi connectivity index (χ3v) is 3.71. The summed E-state index contributed by atoms with van der Waals surface area (Å²) in [5, 5.41) is 14.4. The fourth-order valence-corrected chi connectivity index (χ4v) is 2.41. The molecule has 1 amide bonds. The highest BCUT2D eigenvalue weighted by Gasteiger charge is 2.14. The van der Waals surface area contributed by atoms with Crippen molar-refractivity contribution in [1.82, 2.24) is 30.1 Å². The normalized spacial score (nSPS) is 10.9. The Morgan fingerprint density at radius 3 is 2.60 bits per heavy atom. The molecule has 3 aromatic rings. The van der Waals surface area contributed by atoms with Crippen LogP contribution in [0.3, 0.4) is 0 Å². The van der Waals surface area contributed by atoms with Crippen molar-refractivity contribution >= 4 is 5.91 Å². The second kappa shape index (κ2) is 6.80. The molecule has 9 heteroatoms. The lowest BCUT2D eigenvalue weighted by atomic mass is 10.2. The van der Waals surface area contributed by atoms with Gasteiger partial charge in [-0.2, -0.15) is 5.10 Å². The van der Waals surface area contributed by atoms with Crippen molar-refractivity contribution < 1.29 is 13.6 Å². The van der Waals surface area contributed by atoms with Crippen molar-refractivity contribution in [3.8, 4) is 0 Å². The van der Waals surface area contributed by atoms with Crippen LogP contribution in [0.2, 0.25) is 0 Å². The standard InChI is InChI=1S/C16H16F2N6O/c1-10-11(7-23(2)21-10)6-19-16(25)15-9-24(22-20-15)8-12-13(17)4-3-5-14(12)18/h3-5,7,9H,6,8H2,1-2H3,(H,19,25). The summed E-state index contributed by atoms with van der Waals surface area (Å²) >= 11 is 0. The molecule has 0 radical (unpaired) electrons. The second-order valence-electron chi connectivity index (χ2n) is 5.60. The highest BCUT2D eigenvalue weighted by atomic mass is 19.1. The van der Waals surface area contributed by atoms with Crippen molar-refractivity contribution in [2.75, 3.05) is 0 Å². The fourth-order valence-electron chi connectivity index (χ4n) is 2.41. The molecule has 2 aromatic heterocycles. The van der Waals surface area contributed by atoms with Crippen molar-refractivity contribution in [2.24, 2.45) is 7.05 Å². The number of aryl methyl sites for hydroxylation is 2. The van der Waals surface area contributed by atoms with E-state index in [2.05, 4.69) is 20.7 Å². The number of nitrogens with one attached hydrogen (secondary N) is 1. The van der Waals surface area contributed by atoms with Crippen molar-refractivity contribution in [3.05, 3.63) is 64.7 Å². The number of hydrogen-bond donors (Lipinski definition) is 1. The first-order chi connectivity index (χ1) is 11.9. The molecule has 0 bridgehead atoms. The predicted molar refractivity (Wildman–Crippen MR) is 84.6 cm³/mol. The number of hydrogen-bond acceptors (Lipinski definition) is 4. The van der Waals surface area contributed by atoms with Crippen LogP contribution in [0.5, 0.6) is 0 Å². The van der Waals surface area contributed by atoms with Crippen LogP contribution in [0, 0.1) is 18.6 Å². The minimum atomic E-state index is -0.673. The molecule has 0 aliphatic carbocycles. The van der Waals surface area contributed by atoms with E-state index in [-0.39, 0.29) is 17.8 Å². The summed E-state index contributed by atoms with van der Waals surface area (Å²) < 4.78 is 30.2. The molecule has 0 aliphatic heterocycles. The lowest BCUT2D eigenvalue weighted by Crippen LogP contribution is -2.23. The predicted octanol–water partition coefficient (Wildman–Crippen LogP) is 1.58. The number of halogens is 2. The summed E-state index contributed by atoms with van der Waals surface area (Å²) in [7, 11) is 1.80. The minimum Gasteiger partial charge on any atom is -0.346 e. The van der Waals surface area contributed by atoms with E-state index in [1.54, 1.807) is 11.7 Å². The van der Waals surface area contributed by atoms with Gasteiger partial charge >= 0.3 is 0 Å². The fraction of sp³-hybridized carbons (Fsp3) is 0.250. The molecule has 130 valence electrons. The van der Waals surface area contributed by atoms with Gasteiger partial charge in [-0.3, -0.25) is 9.48 Å². The first kappa shape index (κ1) is 16.7. The quantitative estimate of drug-likeness (QED) is 0.761. The summed E-state index contributed by atoms with van der Waals surface area (Å²) in [5.74, 6) is -1.77. The minimum absolute atomic E-state index is 0.0679. The molecule has 1 aromatic carbocycles. The van der Waals surface area contributed by atoms with Crippen LogP contribution < -0.4 is 5.32 Å². The van der Waals surface area contributed by atoms with Crippen molar-refractivity contribution in [3.63, 3.8) is 0 Å². The van der Waals surface area contributed by atoms with Gasteiger partial charge in [0.2, 0.25) is 0 Å². The van der Waals surface area contributed by atoms with Gasteiger partial charge in [0.15, 0.2) is 5.69 Å². The van der Waals surface area contributed by atoms with Crippen LogP contribution in [0.4, 0.5) is 8.78 Å². The van der Waals surface area contributed by atoms with Gasteiger partial charge < -0.3 is 5.32 Å². The SMILES string of the molecule is Cc1nn(C)cc1CNC(=O)c1cn(Cc2c(F)cccc2F)nn1. The summed E-state index contributed by atoms with van der Waals surface area (Å²) in [6.45, 7) is 1.99. The molecule has 0 unspecified atom stereocenters. The molecular formula is C16H16F2N6O. The van der Waals surface area contributed by atoms with Gasteiger partial charge in [-0.25, -0.2) is 13.5 Å². The van der Waals surface area contributed by atoms with Crippen LogP contribution >= 0.6 is 0 Å². The highest BCUT2D eigenvalue weighted by Crippen LogP contribution is 2.13. The average Bonchev–Trinajstić information content (AvgIpc) is 3.15. The zero-order chi connectivity index (χ0) is 18.0. The molecule has 25 heavy (non-hydrogen) atoms. The van der Waals surface area contributed by atoms with Crippen LogP contribution in [0.1, 0.15) is 27.3 Å². The van der Waals surface area contributed by atoms with E-state index >= 15 is 0 Å². The Bertz CT molecular complexity index is 897. The monoisotopic (exact) mass is 346 g/mol. The summed E-state index contributed by atoms with van der Waals surface area (Å²) in [6.07, 6.45) is 3.16. The Morgan fingerprint density at radius 2 is 1.96 bits per heavy atom. The number of rotatable bonds is 5. The Balaban J connectivity index is 1.66. The second-order valence-corrected chi connectivity index (χ2v) is 5.60. The molecule has 0 saturated heterocycles. The van der Waals surface area contributed by atoms with E-state index in [9.17, 15) is 13.6 Å².